The minimum absolute atomic E-state index is 0.185. The second kappa shape index (κ2) is 7.05. The quantitative estimate of drug-likeness (QED) is 0.536. The first-order valence-electron chi connectivity index (χ1n) is 7.79. The molecular weight excluding hydrogens is 316 g/mol. The number of para-hydroxylation sites is 1. The molecule has 25 heavy (non-hydrogen) atoms. The van der Waals surface area contributed by atoms with Crippen LogP contribution in [-0.2, 0) is 0 Å². The first-order valence-corrected chi connectivity index (χ1v) is 7.79. The van der Waals surface area contributed by atoms with Gasteiger partial charge in [0.2, 0.25) is 0 Å². The second-order valence-corrected chi connectivity index (χ2v) is 5.59. The minimum atomic E-state index is -0.990. The second-order valence-electron chi connectivity index (χ2n) is 5.59. The lowest BCUT2D eigenvalue weighted by atomic mass is 10.0. The molecule has 5 heteroatoms. The molecule has 0 radical (unpaired) electrons. The molecule has 0 amide bonds. The molecule has 0 aromatic heterocycles. The zero-order chi connectivity index (χ0) is 17.8. The number of carbonyl (C=O) groups is 1. The summed E-state index contributed by atoms with van der Waals surface area (Å²) in [7, 11) is 1.65. The third-order valence-electron chi connectivity index (χ3n) is 3.97. The highest BCUT2D eigenvalue weighted by Gasteiger charge is 2.08. The Morgan fingerprint density at radius 3 is 2.52 bits per heavy atom. The van der Waals surface area contributed by atoms with Crippen LogP contribution < -0.4 is 10.2 Å². The van der Waals surface area contributed by atoms with Crippen molar-refractivity contribution in [1.29, 1.82) is 0 Å². The zero-order valence-corrected chi connectivity index (χ0v) is 14.0. The van der Waals surface area contributed by atoms with Crippen molar-refractivity contribution >= 4 is 28.1 Å². The molecule has 3 aromatic rings. The van der Waals surface area contributed by atoms with Gasteiger partial charge >= 0.3 is 5.97 Å². The molecule has 3 aromatic carbocycles. The van der Waals surface area contributed by atoms with Crippen LogP contribution >= 0.6 is 0 Å². The van der Waals surface area contributed by atoms with Gasteiger partial charge in [-0.2, -0.15) is 5.10 Å². The van der Waals surface area contributed by atoms with Gasteiger partial charge < -0.3 is 9.84 Å². The standard InChI is InChI=1S/C20H18N2O3/c1-13(21-22-19-6-4-3-5-18(19)20(23)24)14-7-8-16-12-17(25-2)10-9-15(16)11-14/h3-12,22H,1-2H3,(H,23,24)/b21-13+. The Bertz CT molecular complexity index is 964. The average Bonchev–Trinajstić information content (AvgIpc) is 2.65. The minimum Gasteiger partial charge on any atom is -0.497 e. The van der Waals surface area contributed by atoms with Gasteiger partial charge in [0.25, 0.3) is 0 Å². The molecule has 0 atom stereocenters. The van der Waals surface area contributed by atoms with Crippen LogP contribution in [0.15, 0.2) is 65.8 Å². The molecule has 0 spiro atoms. The number of nitrogens with zero attached hydrogens (tertiary/aromatic N) is 1. The van der Waals surface area contributed by atoms with E-state index in [0.717, 1.165) is 27.8 Å². The summed E-state index contributed by atoms with van der Waals surface area (Å²) in [6.07, 6.45) is 0. The number of methoxy groups -OCH3 is 1. The molecular formula is C20H18N2O3. The maximum absolute atomic E-state index is 11.2. The van der Waals surface area contributed by atoms with Crippen LogP contribution in [0.5, 0.6) is 5.75 Å². The highest BCUT2D eigenvalue weighted by molar-refractivity contribution is 6.02. The summed E-state index contributed by atoms with van der Waals surface area (Å²) >= 11 is 0. The van der Waals surface area contributed by atoms with Gasteiger partial charge in [0.1, 0.15) is 5.75 Å². The number of carboxylic acid groups (broad SMARTS) is 1. The molecule has 0 fully saturated rings. The largest absolute Gasteiger partial charge is 0.497 e. The lowest BCUT2D eigenvalue weighted by Crippen LogP contribution is -2.04. The number of benzene rings is 3. The summed E-state index contributed by atoms with van der Waals surface area (Å²) in [5.41, 5.74) is 5.21. The fourth-order valence-corrected chi connectivity index (χ4v) is 2.55. The molecule has 3 rings (SSSR count). The van der Waals surface area contributed by atoms with Gasteiger partial charge in [-0.25, -0.2) is 4.79 Å². The van der Waals surface area contributed by atoms with Crippen molar-refractivity contribution in [1.82, 2.24) is 0 Å². The van der Waals surface area contributed by atoms with Crippen LogP contribution in [0.4, 0.5) is 5.69 Å². The molecule has 0 aliphatic carbocycles. The van der Waals surface area contributed by atoms with E-state index >= 15 is 0 Å². The normalized spacial score (nSPS) is 11.4. The predicted molar refractivity (Wildman–Crippen MR) is 99.7 cm³/mol. The van der Waals surface area contributed by atoms with Crippen molar-refractivity contribution in [3.05, 3.63) is 71.8 Å². The van der Waals surface area contributed by atoms with Gasteiger partial charge in [-0.3, -0.25) is 5.43 Å². The van der Waals surface area contributed by atoms with Crippen molar-refractivity contribution in [3.8, 4) is 5.75 Å². The van der Waals surface area contributed by atoms with Crippen LogP contribution in [0, 0.1) is 0 Å². The molecule has 0 saturated heterocycles. The van der Waals surface area contributed by atoms with E-state index < -0.39 is 5.97 Å². The Hall–Kier alpha value is -3.34. The first-order chi connectivity index (χ1) is 12.1. The van der Waals surface area contributed by atoms with Crippen molar-refractivity contribution in [2.45, 2.75) is 6.92 Å². The number of ether oxygens (including phenoxy) is 1. The number of carboxylic acids is 1. The van der Waals surface area contributed by atoms with E-state index in [0.29, 0.717) is 5.69 Å². The summed E-state index contributed by atoms with van der Waals surface area (Å²) < 4.78 is 5.24. The van der Waals surface area contributed by atoms with Gasteiger partial charge in [-0.1, -0.05) is 30.3 Å². The van der Waals surface area contributed by atoms with E-state index in [2.05, 4.69) is 10.5 Å². The molecule has 0 aliphatic rings. The Balaban J connectivity index is 1.87. The summed E-state index contributed by atoms with van der Waals surface area (Å²) in [6, 6.07) is 18.6. The number of fused-ring (bicyclic) bond motifs is 1. The third-order valence-corrected chi connectivity index (χ3v) is 3.97. The van der Waals surface area contributed by atoms with E-state index in [1.165, 1.54) is 0 Å². The topological polar surface area (TPSA) is 70.9 Å². The van der Waals surface area contributed by atoms with E-state index in [9.17, 15) is 9.90 Å². The average molecular weight is 334 g/mol. The summed E-state index contributed by atoms with van der Waals surface area (Å²) in [6.45, 7) is 1.88. The maximum Gasteiger partial charge on any atom is 0.337 e. The van der Waals surface area contributed by atoms with Crippen molar-refractivity contribution in [2.24, 2.45) is 5.10 Å². The fourth-order valence-electron chi connectivity index (χ4n) is 2.55. The van der Waals surface area contributed by atoms with Crippen molar-refractivity contribution < 1.29 is 14.6 Å². The van der Waals surface area contributed by atoms with E-state index in [1.807, 2.05) is 43.3 Å². The number of anilines is 1. The highest BCUT2D eigenvalue weighted by atomic mass is 16.5. The summed E-state index contributed by atoms with van der Waals surface area (Å²) in [4.78, 5) is 11.2. The molecule has 0 bridgehead atoms. The van der Waals surface area contributed by atoms with E-state index in [1.54, 1.807) is 31.4 Å². The monoisotopic (exact) mass is 334 g/mol. The summed E-state index contributed by atoms with van der Waals surface area (Å²) in [5.74, 6) is -0.173. The number of hydrogen-bond donors (Lipinski definition) is 2. The Kier molecular flexibility index (Phi) is 4.66. The molecule has 0 unspecified atom stereocenters. The molecule has 5 nitrogen and oxygen atoms in total. The fraction of sp³-hybridized carbons (Fsp3) is 0.100. The molecule has 0 aliphatic heterocycles. The summed E-state index contributed by atoms with van der Waals surface area (Å²) in [5, 5.41) is 15.7. The van der Waals surface area contributed by atoms with Gasteiger partial charge in [0.05, 0.1) is 24.1 Å². The maximum atomic E-state index is 11.2. The third kappa shape index (κ3) is 3.61. The van der Waals surface area contributed by atoms with Crippen LogP contribution in [0.25, 0.3) is 10.8 Å². The van der Waals surface area contributed by atoms with Crippen molar-refractivity contribution in [3.63, 3.8) is 0 Å². The number of hydrazone groups is 1. The van der Waals surface area contributed by atoms with E-state index in [-0.39, 0.29) is 5.56 Å². The number of hydrogen-bond acceptors (Lipinski definition) is 4. The van der Waals surface area contributed by atoms with Gasteiger partial charge in [-0.15, -0.1) is 0 Å². The van der Waals surface area contributed by atoms with Crippen LogP contribution in [0.1, 0.15) is 22.8 Å². The predicted octanol–water partition coefficient (Wildman–Crippen LogP) is 4.38. The molecule has 0 saturated carbocycles. The number of nitrogens with one attached hydrogen (secondary N) is 1. The van der Waals surface area contributed by atoms with Crippen LogP contribution in [-0.4, -0.2) is 23.9 Å². The Morgan fingerprint density at radius 2 is 1.76 bits per heavy atom. The van der Waals surface area contributed by atoms with Crippen LogP contribution in [0.2, 0.25) is 0 Å². The Labute approximate surface area is 145 Å². The number of aromatic carboxylic acids is 1. The Morgan fingerprint density at radius 1 is 1.04 bits per heavy atom. The lowest BCUT2D eigenvalue weighted by molar-refractivity contribution is 0.0698. The SMILES string of the molecule is COc1ccc2cc(/C(C)=N/Nc3ccccc3C(=O)O)ccc2c1. The zero-order valence-electron chi connectivity index (χ0n) is 14.0. The molecule has 0 heterocycles. The van der Waals surface area contributed by atoms with Gasteiger partial charge in [0.15, 0.2) is 0 Å². The molecule has 126 valence electrons. The smallest absolute Gasteiger partial charge is 0.337 e. The highest BCUT2D eigenvalue weighted by Crippen LogP contribution is 2.22. The van der Waals surface area contributed by atoms with E-state index in [4.69, 9.17) is 4.74 Å². The number of rotatable bonds is 5. The van der Waals surface area contributed by atoms with Gasteiger partial charge in [0, 0.05) is 0 Å². The van der Waals surface area contributed by atoms with Crippen molar-refractivity contribution in [2.75, 3.05) is 12.5 Å². The van der Waals surface area contributed by atoms with Crippen LogP contribution in [0.3, 0.4) is 0 Å². The first kappa shape index (κ1) is 16.5. The van der Waals surface area contributed by atoms with Gasteiger partial charge in [-0.05, 0) is 53.6 Å². The lowest BCUT2D eigenvalue weighted by Gasteiger charge is -2.08. The molecule has 2 N–H and O–H groups in total.